The molecule has 0 saturated carbocycles. The lowest BCUT2D eigenvalue weighted by molar-refractivity contribution is 0.114. The van der Waals surface area contributed by atoms with Crippen molar-refractivity contribution in [1.29, 1.82) is 0 Å². The Morgan fingerprint density at radius 3 is 2.20 bits per heavy atom. The smallest absolute Gasteiger partial charge is 0.130 e. The summed E-state index contributed by atoms with van der Waals surface area (Å²) < 4.78 is 8.21. The molecule has 6 nitrogen and oxygen atoms in total. The van der Waals surface area contributed by atoms with Crippen LogP contribution in [0.5, 0.6) is 11.5 Å². The first kappa shape index (κ1) is 21.9. The third-order valence-electron chi connectivity index (χ3n) is 7.36. The summed E-state index contributed by atoms with van der Waals surface area (Å²) in [7, 11) is 0. The van der Waals surface area contributed by atoms with Crippen LogP contribution in [0.15, 0.2) is 84.9 Å². The van der Waals surface area contributed by atoms with E-state index in [0.717, 1.165) is 73.2 Å². The number of anilines is 1. The number of rotatable bonds is 6. The van der Waals surface area contributed by atoms with Gasteiger partial charge in [-0.3, -0.25) is 4.90 Å². The lowest BCUT2D eigenvalue weighted by Gasteiger charge is -2.39. The Morgan fingerprint density at radius 2 is 1.51 bits per heavy atom. The Hall–Kier alpha value is -3.61. The third-order valence-corrected chi connectivity index (χ3v) is 7.36. The van der Waals surface area contributed by atoms with E-state index in [4.69, 9.17) is 15.6 Å². The number of nitrogens with two attached hydrogens (primary N) is 1. The summed E-state index contributed by atoms with van der Waals surface area (Å²) >= 11 is 0. The van der Waals surface area contributed by atoms with Crippen LogP contribution in [0.4, 0.5) is 5.82 Å². The highest BCUT2D eigenvalue weighted by molar-refractivity contribution is 5.71. The number of ether oxygens (including phenoxy) is 1. The molecule has 0 amide bonds. The molecule has 0 radical (unpaired) electrons. The second-order valence-electron chi connectivity index (χ2n) is 9.57. The fourth-order valence-corrected chi connectivity index (χ4v) is 5.39. The van der Waals surface area contributed by atoms with Crippen molar-refractivity contribution in [1.82, 2.24) is 14.7 Å². The van der Waals surface area contributed by atoms with Gasteiger partial charge in [0.25, 0.3) is 0 Å². The van der Waals surface area contributed by atoms with Crippen molar-refractivity contribution in [2.75, 3.05) is 25.0 Å². The predicted molar refractivity (Wildman–Crippen MR) is 139 cm³/mol. The lowest BCUT2D eigenvalue weighted by atomic mass is 9.88. The molecule has 1 saturated heterocycles. The van der Waals surface area contributed by atoms with E-state index in [1.165, 1.54) is 5.56 Å². The molecule has 0 aliphatic carbocycles. The first-order valence-electron chi connectivity index (χ1n) is 12.4. The van der Waals surface area contributed by atoms with Crippen LogP contribution in [0.1, 0.15) is 24.0 Å². The number of aromatic nitrogens is 2. The number of nitrogens with zero attached hydrogens (tertiary/aromatic N) is 3. The maximum atomic E-state index is 6.24. The number of benzene rings is 3. The van der Waals surface area contributed by atoms with E-state index >= 15 is 0 Å². The van der Waals surface area contributed by atoms with Gasteiger partial charge in [-0.05, 0) is 54.8 Å². The lowest BCUT2D eigenvalue weighted by Crippen LogP contribution is -2.46. The fraction of sp³-hybridized carbons (Fsp3) is 0.276. The summed E-state index contributed by atoms with van der Waals surface area (Å²) in [6, 6.07) is 28.7. The highest BCUT2D eigenvalue weighted by Crippen LogP contribution is 2.42. The summed E-state index contributed by atoms with van der Waals surface area (Å²) in [6.45, 7) is 4.51. The largest absolute Gasteiger partial charge is 0.457 e. The molecule has 1 aromatic heterocycles. The van der Waals surface area contributed by atoms with Gasteiger partial charge in [-0.25, -0.2) is 4.68 Å². The molecule has 0 atom stereocenters. The molecular weight excluding hydrogens is 434 g/mol. The van der Waals surface area contributed by atoms with Crippen LogP contribution < -0.4 is 15.8 Å². The van der Waals surface area contributed by atoms with Crippen molar-refractivity contribution < 1.29 is 4.74 Å². The summed E-state index contributed by atoms with van der Waals surface area (Å²) in [5.74, 6) is 2.72. The molecular formula is C29H31N5O. The van der Waals surface area contributed by atoms with Crippen LogP contribution in [0.25, 0.3) is 11.3 Å². The molecule has 35 heavy (non-hydrogen) atoms. The maximum Gasteiger partial charge on any atom is 0.130 e. The Kier molecular flexibility index (Phi) is 5.76. The molecule has 0 bridgehead atoms. The summed E-state index contributed by atoms with van der Waals surface area (Å²) in [6.07, 6.45) is 2.16. The van der Waals surface area contributed by atoms with Crippen molar-refractivity contribution in [3.63, 3.8) is 0 Å². The molecule has 2 aliphatic rings. The maximum absolute atomic E-state index is 6.24. The summed E-state index contributed by atoms with van der Waals surface area (Å²) in [5, 5.41) is 8.80. The van der Waals surface area contributed by atoms with Gasteiger partial charge < -0.3 is 15.8 Å². The second-order valence-corrected chi connectivity index (χ2v) is 9.57. The monoisotopic (exact) mass is 465 g/mol. The van der Waals surface area contributed by atoms with Crippen LogP contribution in [-0.2, 0) is 18.6 Å². The standard InChI is InChI=1S/C29H31N5O/c30-19-26-27(23-11-13-25(14-12-23)35-24-9-5-2-6-10-24)32-34-28(26)31-21-29(34)15-17-33(18-16-29)20-22-7-3-1-4-8-22/h1-14,31H,15-21,30H2. The Morgan fingerprint density at radius 1 is 0.857 bits per heavy atom. The van der Waals surface area contributed by atoms with Gasteiger partial charge in [0, 0.05) is 43.9 Å². The van der Waals surface area contributed by atoms with Gasteiger partial charge in [0.15, 0.2) is 0 Å². The number of nitrogens with one attached hydrogen (secondary N) is 1. The van der Waals surface area contributed by atoms with Gasteiger partial charge in [-0.15, -0.1) is 0 Å². The molecule has 6 rings (SSSR count). The number of piperidine rings is 1. The topological polar surface area (TPSA) is 68.3 Å². The minimum absolute atomic E-state index is 0.0149. The average molecular weight is 466 g/mol. The molecule has 1 spiro atoms. The van der Waals surface area contributed by atoms with Crippen LogP contribution in [0.2, 0.25) is 0 Å². The van der Waals surface area contributed by atoms with Gasteiger partial charge in [0.05, 0.1) is 11.2 Å². The molecule has 6 heteroatoms. The first-order chi connectivity index (χ1) is 17.2. The molecule has 1 fully saturated rings. The van der Waals surface area contributed by atoms with Crippen molar-refractivity contribution in [2.24, 2.45) is 5.73 Å². The van der Waals surface area contributed by atoms with Crippen molar-refractivity contribution >= 4 is 5.82 Å². The summed E-state index contributed by atoms with van der Waals surface area (Å²) in [4.78, 5) is 2.55. The van der Waals surface area contributed by atoms with Crippen LogP contribution in [0, 0.1) is 0 Å². The molecule has 3 heterocycles. The zero-order chi connectivity index (χ0) is 23.7. The van der Waals surface area contributed by atoms with Gasteiger partial charge in [-0.1, -0.05) is 48.5 Å². The highest BCUT2D eigenvalue weighted by atomic mass is 16.5. The number of para-hydroxylation sites is 1. The minimum atomic E-state index is 0.0149. The number of hydrogen-bond donors (Lipinski definition) is 2. The van der Waals surface area contributed by atoms with Crippen molar-refractivity contribution in [3.8, 4) is 22.8 Å². The fourth-order valence-electron chi connectivity index (χ4n) is 5.39. The van der Waals surface area contributed by atoms with E-state index in [-0.39, 0.29) is 5.54 Å². The molecule has 4 aromatic rings. The average Bonchev–Trinajstić information content (AvgIpc) is 3.45. The van der Waals surface area contributed by atoms with Gasteiger partial charge in [0.2, 0.25) is 0 Å². The van der Waals surface area contributed by atoms with E-state index in [0.29, 0.717) is 6.54 Å². The molecule has 0 unspecified atom stereocenters. The van der Waals surface area contributed by atoms with E-state index in [1.54, 1.807) is 0 Å². The highest BCUT2D eigenvalue weighted by Gasteiger charge is 2.44. The molecule has 2 aliphatic heterocycles. The van der Waals surface area contributed by atoms with Gasteiger partial charge in [0.1, 0.15) is 17.3 Å². The van der Waals surface area contributed by atoms with Gasteiger partial charge in [-0.2, -0.15) is 5.10 Å². The van der Waals surface area contributed by atoms with Crippen molar-refractivity contribution in [3.05, 3.63) is 96.1 Å². The molecule has 3 N–H and O–H groups in total. The van der Waals surface area contributed by atoms with E-state index in [2.05, 4.69) is 57.4 Å². The van der Waals surface area contributed by atoms with Gasteiger partial charge >= 0.3 is 0 Å². The predicted octanol–water partition coefficient (Wildman–Crippen LogP) is 5.22. The number of likely N-dealkylation sites (tertiary alicyclic amines) is 1. The second kappa shape index (κ2) is 9.21. The molecule has 178 valence electrons. The normalized spacial score (nSPS) is 16.7. The van der Waals surface area contributed by atoms with E-state index < -0.39 is 0 Å². The Labute approximate surface area is 206 Å². The first-order valence-corrected chi connectivity index (χ1v) is 12.4. The van der Waals surface area contributed by atoms with E-state index in [1.807, 2.05) is 42.5 Å². The van der Waals surface area contributed by atoms with Crippen LogP contribution >= 0.6 is 0 Å². The Bertz CT molecular complexity index is 1280. The Balaban J connectivity index is 1.21. The van der Waals surface area contributed by atoms with E-state index in [9.17, 15) is 0 Å². The van der Waals surface area contributed by atoms with Crippen LogP contribution in [-0.4, -0.2) is 34.3 Å². The third kappa shape index (κ3) is 4.20. The quantitative estimate of drug-likeness (QED) is 0.409. The number of hydrogen-bond acceptors (Lipinski definition) is 5. The zero-order valence-corrected chi connectivity index (χ0v) is 19.9. The van der Waals surface area contributed by atoms with Crippen LogP contribution in [0.3, 0.4) is 0 Å². The summed E-state index contributed by atoms with van der Waals surface area (Å²) in [5.41, 5.74) is 10.7. The molecule has 3 aromatic carbocycles. The van der Waals surface area contributed by atoms with Crippen molar-refractivity contribution in [2.45, 2.75) is 31.5 Å². The zero-order valence-electron chi connectivity index (χ0n) is 19.9. The number of fused-ring (bicyclic) bond motifs is 2. The minimum Gasteiger partial charge on any atom is -0.457 e. The SMILES string of the molecule is NCc1c(-c2ccc(Oc3ccccc3)cc2)nn2c1NCC21CCN(Cc2ccccc2)CC1.